The fourth-order valence-corrected chi connectivity index (χ4v) is 0.923. The van der Waals surface area contributed by atoms with E-state index >= 15 is 0 Å². The van der Waals surface area contributed by atoms with Crippen LogP contribution in [0.1, 0.15) is 10.4 Å². The molecule has 1 aromatic carbocycles. The molecule has 0 aliphatic carbocycles. The second-order valence-electron chi connectivity index (χ2n) is 1.93. The molecule has 0 heterocycles. The van der Waals surface area contributed by atoms with Gasteiger partial charge >= 0.3 is 5.97 Å². The van der Waals surface area contributed by atoms with Gasteiger partial charge in [0, 0.05) is 0 Å². The lowest BCUT2D eigenvalue weighted by Gasteiger charge is -1.96. The molecule has 0 N–H and O–H groups in total. The summed E-state index contributed by atoms with van der Waals surface area (Å²) in [5.74, 6) is -0.851. The Labute approximate surface area is 73.0 Å². The number of nitrogens with zero attached hydrogens (tertiary/aromatic N) is 1. The van der Waals surface area contributed by atoms with Gasteiger partial charge in [0.05, 0.1) is 10.6 Å². The van der Waals surface area contributed by atoms with Crippen molar-refractivity contribution in [1.82, 2.24) is 0 Å². The number of benzene rings is 1. The summed E-state index contributed by atoms with van der Waals surface area (Å²) in [7, 11) is 0. The smallest absolute Gasteiger partial charge is 0.279 e. The second-order valence-corrected chi connectivity index (χ2v) is 2.34. The standard InChI is InChI=1S/C7H4ClNO3/c8-6-4-2-1-3-5(6)7(10)12-9-11/h1-4H. The monoisotopic (exact) mass is 185 g/mol. The van der Waals surface area contributed by atoms with Crippen molar-refractivity contribution in [2.24, 2.45) is 5.34 Å². The molecule has 1 rings (SSSR count). The van der Waals surface area contributed by atoms with E-state index in [1.807, 2.05) is 5.34 Å². The molecule has 0 saturated heterocycles. The lowest BCUT2D eigenvalue weighted by molar-refractivity contribution is 0.0508. The first-order valence-corrected chi connectivity index (χ1v) is 3.42. The highest BCUT2D eigenvalue weighted by Crippen LogP contribution is 2.15. The average molecular weight is 186 g/mol. The first-order valence-electron chi connectivity index (χ1n) is 3.04. The van der Waals surface area contributed by atoms with E-state index in [1.165, 1.54) is 12.1 Å². The van der Waals surface area contributed by atoms with Crippen LogP contribution in [0.15, 0.2) is 29.6 Å². The minimum Gasteiger partial charge on any atom is -0.279 e. The van der Waals surface area contributed by atoms with Crippen LogP contribution < -0.4 is 0 Å². The van der Waals surface area contributed by atoms with Crippen molar-refractivity contribution in [3.05, 3.63) is 39.8 Å². The Kier molecular flexibility index (Phi) is 2.76. The molecule has 0 aliphatic rings. The molecule has 0 fully saturated rings. The summed E-state index contributed by atoms with van der Waals surface area (Å²) in [6.07, 6.45) is 0. The molecule has 0 spiro atoms. The molecule has 62 valence electrons. The zero-order valence-electron chi connectivity index (χ0n) is 5.86. The molecule has 5 heteroatoms. The molecule has 1 aromatic rings. The Morgan fingerprint density at radius 1 is 1.42 bits per heavy atom. The zero-order chi connectivity index (χ0) is 8.97. The van der Waals surface area contributed by atoms with Crippen LogP contribution in [0.3, 0.4) is 0 Å². The van der Waals surface area contributed by atoms with Crippen molar-refractivity contribution in [1.29, 1.82) is 0 Å². The van der Waals surface area contributed by atoms with Crippen LogP contribution in [-0.4, -0.2) is 5.97 Å². The maximum absolute atomic E-state index is 10.9. The van der Waals surface area contributed by atoms with Gasteiger partial charge in [-0.3, -0.25) is 4.84 Å². The summed E-state index contributed by atoms with van der Waals surface area (Å²) < 4.78 is 0. The lowest BCUT2D eigenvalue weighted by atomic mass is 10.2. The third-order valence-corrected chi connectivity index (χ3v) is 1.54. The highest BCUT2D eigenvalue weighted by molar-refractivity contribution is 6.33. The van der Waals surface area contributed by atoms with Gasteiger partial charge in [0.2, 0.25) is 0 Å². The first-order chi connectivity index (χ1) is 5.75. The quantitative estimate of drug-likeness (QED) is 0.524. The largest absolute Gasteiger partial charge is 0.370 e. The summed E-state index contributed by atoms with van der Waals surface area (Å²) in [6, 6.07) is 6.22. The van der Waals surface area contributed by atoms with Crippen molar-refractivity contribution in [2.45, 2.75) is 0 Å². The number of halogens is 1. The van der Waals surface area contributed by atoms with Gasteiger partial charge < -0.3 is 0 Å². The van der Waals surface area contributed by atoms with Crippen LogP contribution in [-0.2, 0) is 4.84 Å². The summed E-state index contributed by atoms with van der Waals surface area (Å²) in [6.45, 7) is 0. The van der Waals surface area contributed by atoms with Gasteiger partial charge in [0.1, 0.15) is 0 Å². The molecular weight excluding hydrogens is 182 g/mol. The van der Waals surface area contributed by atoms with Crippen molar-refractivity contribution in [3.63, 3.8) is 0 Å². The Hall–Kier alpha value is -1.42. The molecule has 0 amide bonds. The summed E-state index contributed by atoms with van der Waals surface area (Å²) in [5, 5.41) is 2.22. The van der Waals surface area contributed by atoms with E-state index < -0.39 is 5.97 Å². The number of carbonyl (C=O) groups is 1. The maximum atomic E-state index is 10.9. The normalized spacial score (nSPS) is 9.08. The van der Waals surface area contributed by atoms with E-state index in [0.717, 1.165) is 0 Å². The van der Waals surface area contributed by atoms with E-state index in [-0.39, 0.29) is 10.6 Å². The van der Waals surface area contributed by atoms with Crippen LogP contribution in [0.2, 0.25) is 5.02 Å². The molecular formula is C7H4ClNO3. The van der Waals surface area contributed by atoms with Crippen LogP contribution in [0, 0.1) is 4.91 Å². The second kappa shape index (κ2) is 3.82. The molecule has 0 aliphatic heterocycles. The highest BCUT2D eigenvalue weighted by Gasteiger charge is 2.10. The van der Waals surface area contributed by atoms with Gasteiger partial charge in [-0.05, 0) is 12.1 Å². The van der Waals surface area contributed by atoms with E-state index in [1.54, 1.807) is 12.1 Å². The van der Waals surface area contributed by atoms with Crippen LogP contribution in [0.4, 0.5) is 0 Å². The Balaban J connectivity index is 2.94. The summed E-state index contributed by atoms with van der Waals surface area (Å²) in [4.78, 5) is 24.3. The lowest BCUT2D eigenvalue weighted by Crippen LogP contribution is -2.00. The van der Waals surface area contributed by atoms with Crippen molar-refractivity contribution in [2.75, 3.05) is 0 Å². The third kappa shape index (κ3) is 1.79. The van der Waals surface area contributed by atoms with Gasteiger partial charge in [0.25, 0.3) is 0 Å². The van der Waals surface area contributed by atoms with Gasteiger partial charge in [-0.2, -0.15) is 0 Å². The fourth-order valence-electron chi connectivity index (χ4n) is 0.710. The number of hydrogen-bond donors (Lipinski definition) is 0. The molecule has 4 nitrogen and oxygen atoms in total. The minimum atomic E-state index is -0.851. The van der Waals surface area contributed by atoms with Crippen LogP contribution in [0.5, 0.6) is 0 Å². The minimum absolute atomic E-state index is 0.124. The molecule has 0 atom stereocenters. The molecule has 0 radical (unpaired) electrons. The van der Waals surface area contributed by atoms with Crippen molar-refractivity contribution < 1.29 is 9.63 Å². The highest BCUT2D eigenvalue weighted by atomic mass is 35.5. The van der Waals surface area contributed by atoms with E-state index in [9.17, 15) is 9.70 Å². The van der Waals surface area contributed by atoms with E-state index in [2.05, 4.69) is 4.84 Å². The van der Waals surface area contributed by atoms with E-state index in [0.29, 0.717) is 0 Å². The average Bonchev–Trinajstić information content (AvgIpc) is 2.05. The van der Waals surface area contributed by atoms with Gasteiger partial charge in [-0.15, -0.1) is 4.91 Å². The van der Waals surface area contributed by atoms with Crippen LogP contribution >= 0.6 is 11.6 Å². The topological polar surface area (TPSA) is 55.7 Å². The summed E-state index contributed by atoms with van der Waals surface area (Å²) >= 11 is 5.61. The van der Waals surface area contributed by atoms with Gasteiger partial charge in [0.15, 0.2) is 5.34 Å². The van der Waals surface area contributed by atoms with Gasteiger partial charge in [-0.25, -0.2) is 4.79 Å². The zero-order valence-corrected chi connectivity index (χ0v) is 6.62. The Bertz CT molecular complexity index is 313. The predicted molar refractivity (Wildman–Crippen MR) is 42.7 cm³/mol. The molecule has 0 aromatic heterocycles. The van der Waals surface area contributed by atoms with Crippen molar-refractivity contribution in [3.8, 4) is 0 Å². The molecule has 12 heavy (non-hydrogen) atoms. The molecule has 0 unspecified atom stereocenters. The first kappa shape index (κ1) is 8.67. The molecule has 0 bridgehead atoms. The Morgan fingerprint density at radius 3 is 2.67 bits per heavy atom. The fraction of sp³-hybridized carbons (Fsp3) is 0. The molecule has 0 saturated carbocycles. The number of rotatable bonds is 2. The van der Waals surface area contributed by atoms with Gasteiger partial charge in [-0.1, -0.05) is 23.7 Å². The number of carbonyl (C=O) groups excluding carboxylic acids is 1. The third-order valence-electron chi connectivity index (χ3n) is 1.21. The number of hydrogen-bond acceptors (Lipinski definition) is 4. The predicted octanol–water partition coefficient (Wildman–Crippen LogP) is 2.18. The summed E-state index contributed by atoms with van der Waals surface area (Å²) in [5.41, 5.74) is 0.124. The van der Waals surface area contributed by atoms with Crippen molar-refractivity contribution >= 4 is 17.6 Å². The SMILES string of the molecule is O=NOC(=O)c1ccccc1Cl. The van der Waals surface area contributed by atoms with Crippen LogP contribution in [0.25, 0.3) is 0 Å². The maximum Gasteiger partial charge on any atom is 0.370 e. The Morgan fingerprint density at radius 2 is 2.08 bits per heavy atom. The van der Waals surface area contributed by atoms with E-state index in [4.69, 9.17) is 11.6 Å².